The van der Waals surface area contributed by atoms with Crippen LogP contribution in [-0.2, 0) is 6.54 Å². The highest BCUT2D eigenvalue weighted by Gasteiger charge is 2.22. The van der Waals surface area contributed by atoms with Gasteiger partial charge in [-0.3, -0.25) is 9.36 Å². The van der Waals surface area contributed by atoms with Crippen LogP contribution in [0.1, 0.15) is 12.8 Å². The minimum absolute atomic E-state index is 0.0482. The third-order valence-electron chi connectivity index (χ3n) is 3.75. The fraction of sp³-hybridized carbons (Fsp3) is 0.538. The molecule has 6 heteroatoms. The Hall–Kier alpha value is -1.24. The minimum atomic E-state index is -0.473. The van der Waals surface area contributed by atoms with Crippen molar-refractivity contribution in [3.8, 4) is 0 Å². The maximum Gasteiger partial charge on any atom is 0.271 e. The standard InChI is InChI=1S/C13H17N3O2S/c17-11(9-1-4-14-5-2-9)7-16-8-15-10-3-6-19-12(10)13(16)18/h3,6,8-9,11,14,17H,1-2,4-5,7H2/t11-/m1/s1. The highest BCUT2D eigenvalue weighted by molar-refractivity contribution is 7.17. The molecule has 0 saturated carbocycles. The summed E-state index contributed by atoms with van der Waals surface area (Å²) in [5.41, 5.74) is 0.690. The zero-order chi connectivity index (χ0) is 13.2. The molecule has 0 bridgehead atoms. The van der Waals surface area contributed by atoms with E-state index in [2.05, 4.69) is 10.3 Å². The molecular formula is C13H17N3O2S. The predicted molar refractivity (Wildman–Crippen MR) is 75.5 cm³/mol. The van der Waals surface area contributed by atoms with Gasteiger partial charge in [-0.2, -0.15) is 0 Å². The van der Waals surface area contributed by atoms with Crippen LogP contribution in [0.5, 0.6) is 0 Å². The van der Waals surface area contributed by atoms with Crippen LogP contribution >= 0.6 is 11.3 Å². The lowest BCUT2D eigenvalue weighted by molar-refractivity contribution is 0.0722. The summed E-state index contributed by atoms with van der Waals surface area (Å²) < 4.78 is 2.20. The molecule has 1 atom stereocenters. The number of aliphatic hydroxyl groups excluding tert-OH is 1. The second-order valence-electron chi connectivity index (χ2n) is 4.99. The third kappa shape index (κ3) is 2.56. The van der Waals surface area contributed by atoms with Crippen molar-refractivity contribution in [1.29, 1.82) is 0 Å². The molecule has 0 unspecified atom stereocenters. The second-order valence-corrected chi connectivity index (χ2v) is 5.91. The maximum absolute atomic E-state index is 12.2. The van der Waals surface area contributed by atoms with E-state index >= 15 is 0 Å². The molecule has 0 spiro atoms. The van der Waals surface area contributed by atoms with Crippen molar-refractivity contribution in [1.82, 2.24) is 14.9 Å². The van der Waals surface area contributed by atoms with E-state index in [1.54, 1.807) is 6.33 Å². The highest BCUT2D eigenvalue weighted by Crippen LogP contribution is 2.18. The lowest BCUT2D eigenvalue weighted by Crippen LogP contribution is -2.37. The number of rotatable bonds is 3. The summed E-state index contributed by atoms with van der Waals surface area (Å²) in [7, 11) is 0. The molecule has 0 aromatic carbocycles. The molecule has 3 rings (SSSR count). The summed E-state index contributed by atoms with van der Waals surface area (Å²) in [6.07, 6.45) is 3.00. The Balaban J connectivity index is 1.80. The molecule has 1 fully saturated rings. The molecular weight excluding hydrogens is 262 g/mol. The van der Waals surface area contributed by atoms with E-state index < -0.39 is 6.10 Å². The number of hydrogen-bond donors (Lipinski definition) is 2. The topological polar surface area (TPSA) is 67.2 Å². The first kappa shape index (κ1) is 12.8. The quantitative estimate of drug-likeness (QED) is 0.873. The van der Waals surface area contributed by atoms with Crippen molar-refractivity contribution in [2.75, 3.05) is 13.1 Å². The lowest BCUT2D eigenvalue weighted by atomic mass is 9.92. The zero-order valence-electron chi connectivity index (χ0n) is 10.6. The van der Waals surface area contributed by atoms with Crippen LogP contribution in [0.15, 0.2) is 22.6 Å². The number of thiophene rings is 1. The largest absolute Gasteiger partial charge is 0.391 e. The number of aliphatic hydroxyl groups is 1. The Kier molecular flexibility index (Phi) is 3.63. The van der Waals surface area contributed by atoms with Crippen molar-refractivity contribution in [2.45, 2.75) is 25.5 Å². The van der Waals surface area contributed by atoms with Crippen LogP contribution < -0.4 is 10.9 Å². The molecule has 1 aliphatic rings. The van der Waals surface area contributed by atoms with Gasteiger partial charge in [-0.1, -0.05) is 0 Å². The SMILES string of the molecule is O=c1c2sccc2ncn1C[C@@H](O)C1CCNCC1. The molecule has 5 nitrogen and oxygen atoms in total. The van der Waals surface area contributed by atoms with E-state index in [0.717, 1.165) is 31.4 Å². The van der Waals surface area contributed by atoms with Crippen molar-refractivity contribution >= 4 is 21.6 Å². The number of nitrogens with zero attached hydrogens (tertiary/aromatic N) is 2. The fourth-order valence-electron chi connectivity index (χ4n) is 2.59. The Labute approximate surface area is 114 Å². The summed E-state index contributed by atoms with van der Waals surface area (Å²) in [6, 6.07) is 1.84. The van der Waals surface area contributed by atoms with Gasteiger partial charge >= 0.3 is 0 Å². The van der Waals surface area contributed by atoms with Crippen LogP contribution in [0.4, 0.5) is 0 Å². The maximum atomic E-state index is 12.2. The van der Waals surface area contributed by atoms with Gasteiger partial charge in [-0.25, -0.2) is 4.98 Å². The van der Waals surface area contributed by atoms with Gasteiger partial charge in [0.25, 0.3) is 5.56 Å². The van der Waals surface area contributed by atoms with Crippen molar-refractivity contribution < 1.29 is 5.11 Å². The van der Waals surface area contributed by atoms with Gasteiger partial charge in [0.05, 0.1) is 24.5 Å². The number of fused-ring (bicyclic) bond motifs is 1. The molecule has 2 aromatic rings. The molecule has 102 valence electrons. The monoisotopic (exact) mass is 279 g/mol. The minimum Gasteiger partial charge on any atom is -0.391 e. The van der Waals surface area contributed by atoms with E-state index in [4.69, 9.17) is 0 Å². The van der Waals surface area contributed by atoms with Crippen LogP contribution in [-0.4, -0.2) is 33.9 Å². The Bertz CT molecular complexity index is 616. The summed E-state index contributed by atoms with van der Waals surface area (Å²) in [6.45, 7) is 2.22. The fourth-order valence-corrected chi connectivity index (χ4v) is 3.38. The third-order valence-corrected chi connectivity index (χ3v) is 4.64. The molecule has 0 aliphatic carbocycles. The van der Waals surface area contributed by atoms with E-state index in [1.807, 2.05) is 11.4 Å². The van der Waals surface area contributed by atoms with E-state index in [1.165, 1.54) is 15.9 Å². The average molecular weight is 279 g/mol. The second kappa shape index (κ2) is 5.40. The van der Waals surface area contributed by atoms with Gasteiger partial charge in [-0.05, 0) is 43.3 Å². The van der Waals surface area contributed by atoms with Crippen molar-refractivity contribution in [3.05, 3.63) is 28.1 Å². The smallest absolute Gasteiger partial charge is 0.271 e. The van der Waals surface area contributed by atoms with E-state index in [-0.39, 0.29) is 11.5 Å². The molecule has 1 saturated heterocycles. The molecule has 19 heavy (non-hydrogen) atoms. The summed E-state index contributed by atoms with van der Waals surface area (Å²) in [5.74, 6) is 0.271. The van der Waals surface area contributed by atoms with Gasteiger partial charge in [0.15, 0.2) is 0 Å². The summed E-state index contributed by atoms with van der Waals surface area (Å²) in [4.78, 5) is 16.5. The van der Waals surface area contributed by atoms with E-state index in [0.29, 0.717) is 11.2 Å². The van der Waals surface area contributed by atoms with Crippen molar-refractivity contribution in [2.24, 2.45) is 5.92 Å². The van der Waals surface area contributed by atoms with Crippen LogP contribution in [0, 0.1) is 5.92 Å². The van der Waals surface area contributed by atoms with Gasteiger partial charge in [-0.15, -0.1) is 11.3 Å². The Morgan fingerprint density at radius 1 is 1.53 bits per heavy atom. The van der Waals surface area contributed by atoms with Crippen molar-refractivity contribution in [3.63, 3.8) is 0 Å². The first-order valence-electron chi connectivity index (χ1n) is 6.57. The molecule has 2 N–H and O–H groups in total. The Morgan fingerprint density at radius 2 is 2.32 bits per heavy atom. The zero-order valence-corrected chi connectivity index (χ0v) is 11.4. The molecule has 0 radical (unpaired) electrons. The van der Waals surface area contributed by atoms with Gasteiger partial charge in [0.1, 0.15) is 4.70 Å². The number of aromatic nitrogens is 2. The van der Waals surface area contributed by atoms with E-state index in [9.17, 15) is 9.90 Å². The van der Waals surface area contributed by atoms with Crippen LogP contribution in [0.3, 0.4) is 0 Å². The highest BCUT2D eigenvalue weighted by atomic mass is 32.1. The van der Waals surface area contributed by atoms with Crippen LogP contribution in [0.25, 0.3) is 10.2 Å². The lowest BCUT2D eigenvalue weighted by Gasteiger charge is -2.27. The van der Waals surface area contributed by atoms with Crippen LogP contribution in [0.2, 0.25) is 0 Å². The molecule has 2 aromatic heterocycles. The van der Waals surface area contributed by atoms with Gasteiger partial charge < -0.3 is 10.4 Å². The first-order chi connectivity index (χ1) is 9.25. The van der Waals surface area contributed by atoms with Gasteiger partial charge in [0, 0.05) is 0 Å². The predicted octanol–water partition coefficient (Wildman–Crippen LogP) is 0.819. The molecule has 0 amide bonds. The van der Waals surface area contributed by atoms with Gasteiger partial charge in [0.2, 0.25) is 0 Å². The number of hydrogen-bond acceptors (Lipinski definition) is 5. The summed E-state index contributed by atoms with van der Waals surface area (Å²) in [5, 5.41) is 15.4. The molecule has 1 aliphatic heterocycles. The first-order valence-corrected chi connectivity index (χ1v) is 7.45. The molecule has 3 heterocycles. The summed E-state index contributed by atoms with van der Waals surface area (Å²) >= 11 is 1.40. The Morgan fingerprint density at radius 3 is 3.11 bits per heavy atom. The average Bonchev–Trinajstić information content (AvgIpc) is 2.92. The normalized spacial score (nSPS) is 18.8. The number of nitrogens with one attached hydrogen (secondary N) is 1. The number of piperidine rings is 1.